The summed E-state index contributed by atoms with van der Waals surface area (Å²) < 4.78 is 26.6. The van der Waals surface area contributed by atoms with E-state index in [-0.39, 0.29) is 11.6 Å². The molecular weight excluding hydrogens is 278 g/mol. The Labute approximate surface area is 117 Å². The number of hydrogen-bond donors (Lipinski definition) is 2. The average molecular weight is 293 g/mol. The Morgan fingerprint density at radius 3 is 2.80 bits per heavy atom. The topological polar surface area (TPSA) is 86.3 Å². The van der Waals surface area contributed by atoms with Gasteiger partial charge in [-0.15, -0.1) is 0 Å². The summed E-state index contributed by atoms with van der Waals surface area (Å²) in [6, 6.07) is 7.83. The molecule has 0 radical (unpaired) electrons. The zero-order valence-electron chi connectivity index (χ0n) is 10.8. The first-order valence-corrected chi connectivity index (χ1v) is 7.77. The number of rotatable bonds is 3. The van der Waals surface area contributed by atoms with Crippen LogP contribution in [0.5, 0.6) is 0 Å². The van der Waals surface area contributed by atoms with Crippen molar-refractivity contribution in [2.75, 3.05) is 6.54 Å². The summed E-state index contributed by atoms with van der Waals surface area (Å²) in [5.74, 6) is 0. The molecule has 0 saturated heterocycles. The Bertz CT molecular complexity index is 724. The van der Waals surface area contributed by atoms with Gasteiger partial charge in [-0.3, -0.25) is 5.10 Å². The van der Waals surface area contributed by atoms with E-state index in [9.17, 15) is 13.5 Å². The second kappa shape index (κ2) is 5.01. The minimum atomic E-state index is -3.65. The highest BCUT2D eigenvalue weighted by Gasteiger charge is 2.31. The molecular formula is C13H15N3O3S. The molecule has 7 heteroatoms. The fourth-order valence-corrected chi connectivity index (χ4v) is 3.95. The van der Waals surface area contributed by atoms with Gasteiger partial charge in [0.2, 0.25) is 0 Å². The van der Waals surface area contributed by atoms with Crippen LogP contribution in [0.25, 0.3) is 0 Å². The molecule has 0 atom stereocenters. The molecule has 3 rings (SSSR count). The summed E-state index contributed by atoms with van der Waals surface area (Å²) in [6.45, 7) is 0.432. The third-order valence-corrected chi connectivity index (χ3v) is 5.40. The molecule has 1 aromatic carbocycles. The number of aromatic amines is 1. The van der Waals surface area contributed by atoms with Gasteiger partial charge in [-0.05, 0) is 17.5 Å². The van der Waals surface area contributed by atoms with Gasteiger partial charge in [-0.1, -0.05) is 24.3 Å². The summed E-state index contributed by atoms with van der Waals surface area (Å²) in [5.41, 5.74) is 2.50. The molecule has 1 aromatic heterocycles. The van der Waals surface area contributed by atoms with Crippen molar-refractivity contribution in [1.29, 1.82) is 0 Å². The molecule has 2 N–H and O–H groups in total. The van der Waals surface area contributed by atoms with Crippen LogP contribution in [0.2, 0.25) is 0 Å². The van der Waals surface area contributed by atoms with Crippen molar-refractivity contribution in [3.8, 4) is 0 Å². The van der Waals surface area contributed by atoms with Gasteiger partial charge in [0.1, 0.15) is 0 Å². The van der Waals surface area contributed by atoms with E-state index in [0.717, 1.165) is 5.56 Å². The number of benzene rings is 1. The number of aliphatic hydroxyl groups is 1. The maximum atomic E-state index is 12.6. The fourth-order valence-electron chi connectivity index (χ4n) is 2.44. The van der Waals surface area contributed by atoms with Crippen LogP contribution in [0.3, 0.4) is 0 Å². The van der Waals surface area contributed by atoms with E-state index < -0.39 is 10.0 Å². The zero-order chi connectivity index (χ0) is 14.2. The first-order valence-electron chi connectivity index (χ1n) is 6.33. The standard InChI is InChI=1S/C13H15N3O3S/c17-9-12-7-14-15-13(12)20(18,19)16-6-5-10-3-1-2-4-11(10)8-16/h1-4,7,17H,5-6,8-9H2,(H,14,15). The van der Waals surface area contributed by atoms with Gasteiger partial charge in [-0.2, -0.15) is 9.40 Å². The number of aliphatic hydroxyl groups excluding tert-OH is 1. The van der Waals surface area contributed by atoms with Gasteiger partial charge >= 0.3 is 0 Å². The Morgan fingerprint density at radius 2 is 2.05 bits per heavy atom. The van der Waals surface area contributed by atoms with Gasteiger partial charge in [0, 0.05) is 18.7 Å². The van der Waals surface area contributed by atoms with Gasteiger partial charge in [0.05, 0.1) is 12.8 Å². The maximum Gasteiger partial charge on any atom is 0.260 e. The average Bonchev–Trinajstić information content (AvgIpc) is 2.96. The molecule has 0 saturated carbocycles. The van der Waals surface area contributed by atoms with E-state index in [1.807, 2.05) is 24.3 Å². The van der Waals surface area contributed by atoms with Crippen molar-refractivity contribution in [3.05, 3.63) is 47.2 Å². The number of nitrogens with one attached hydrogen (secondary N) is 1. The highest BCUT2D eigenvalue weighted by Crippen LogP contribution is 2.25. The van der Waals surface area contributed by atoms with Crippen LogP contribution < -0.4 is 0 Å². The Hall–Kier alpha value is -1.70. The number of hydrogen-bond acceptors (Lipinski definition) is 4. The Kier molecular flexibility index (Phi) is 3.33. The van der Waals surface area contributed by atoms with Crippen LogP contribution in [-0.2, 0) is 29.6 Å². The van der Waals surface area contributed by atoms with E-state index in [2.05, 4.69) is 10.2 Å². The summed E-state index contributed by atoms with van der Waals surface area (Å²) in [4.78, 5) is 0. The molecule has 0 amide bonds. The predicted octanol–water partition coefficient (Wildman–Crippen LogP) is 0.649. The van der Waals surface area contributed by atoms with Crippen molar-refractivity contribution >= 4 is 10.0 Å². The molecule has 1 aliphatic rings. The van der Waals surface area contributed by atoms with E-state index in [1.165, 1.54) is 16.1 Å². The molecule has 0 aliphatic carbocycles. The number of aromatic nitrogens is 2. The molecule has 0 bridgehead atoms. The van der Waals surface area contributed by atoms with Crippen LogP contribution in [0.1, 0.15) is 16.7 Å². The summed E-state index contributed by atoms with van der Waals surface area (Å²) in [6.07, 6.45) is 2.03. The summed E-state index contributed by atoms with van der Waals surface area (Å²) in [7, 11) is -3.65. The Balaban J connectivity index is 1.94. The van der Waals surface area contributed by atoms with E-state index in [4.69, 9.17) is 0 Å². The van der Waals surface area contributed by atoms with E-state index in [1.54, 1.807) is 0 Å². The Morgan fingerprint density at radius 1 is 1.30 bits per heavy atom. The molecule has 0 fully saturated rings. The minimum Gasteiger partial charge on any atom is -0.392 e. The first-order chi connectivity index (χ1) is 9.63. The summed E-state index contributed by atoms with van der Waals surface area (Å²) in [5, 5.41) is 15.4. The summed E-state index contributed by atoms with van der Waals surface area (Å²) >= 11 is 0. The lowest BCUT2D eigenvalue weighted by Crippen LogP contribution is -2.36. The number of fused-ring (bicyclic) bond motifs is 1. The lowest BCUT2D eigenvalue weighted by atomic mass is 10.0. The molecule has 2 aromatic rings. The highest BCUT2D eigenvalue weighted by atomic mass is 32.2. The van der Waals surface area contributed by atoms with Gasteiger partial charge in [0.25, 0.3) is 10.0 Å². The molecule has 20 heavy (non-hydrogen) atoms. The van der Waals surface area contributed by atoms with Crippen molar-refractivity contribution in [2.24, 2.45) is 0 Å². The smallest absolute Gasteiger partial charge is 0.260 e. The van der Waals surface area contributed by atoms with Gasteiger partial charge in [-0.25, -0.2) is 8.42 Å². The number of nitrogens with zero attached hydrogens (tertiary/aromatic N) is 2. The quantitative estimate of drug-likeness (QED) is 0.870. The monoisotopic (exact) mass is 293 g/mol. The zero-order valence-corrected chi connectivity index (χ0v) is 11.6. The number of sulfonamides is 1. The highest BCUT2D eigenvalue weighted by molar-refractivity contribution is 7.89. The van der Waals surface area contributed by atoms with Gasteiger partial charge < -0.3 is 5.11 Å². The third kappa shape index (κ3) is 2.13. The van der Waals surface area contributed by atoms with Crippen molar-refractivity contribution in [3.63, 3.8) is 0 Å². The molecule has 2 heterocycles. The normalized spacial score (nSPS) is 16.1. The lowest BCUT2D eigenvalue weighted by molar-refractivity contribution is 0.277. The second-order valence-corrected chi connectivity index (χ2v) is 6.61. The molecule has 0 spiro atoms. The minimum absolute atomic E-state index is 0.0145. The van der Waals surface area contributed by atoms with Gasteiger partial charge in [0.15, 0.2) is 5.03 Å². The van der Waals surface area contributed by atoms with Crippen molar-refractivity contribution in [2.45, 2.75) is 24.6 Å². The third-order valence-electron chi connectivity index (χ3n) is 3.54. The van der Waals surface area contributed by atoms with Crippen LogP contribution in [-0.4, -0.2) is 34.6 Å². The molecule has 106 valence electrons. The lowest BCUT2D eigenvalue weighted by Gasteiger charge is -2.27. The number of H-pyrrole nitrogens is 1. The van der Waals surface area contributed by atoms with E-state index in [0.29, 0.717) is 25.1 Å². The van der Waals surface area contributed by atoms with Crippen LogP contribution in [0.15, 0.2) is 35.5 Å². The maximum absolute atomic E-state index is 12.6. The second-order valence-electron chi connectivity index (χ2n) is 4.74. The largest absolute Gasteiger partial charge is 0.392 e. The SMILES string of the molecule is O=S(=O)(c1[nH]ncc1CO)N1CCc2ccccc2C1. The molecule has 0 unspecified atom stereocenters. The van der Waals surface area contributed by atoms with Crippen molar-refractivity contribution < 1.29 is 13.5 Å². The fraction of sp³-hybridized carbons (Fsp3) is 0.308. The van der Waals surface area contributed by atoms with Crippen molar-refractivity contribution in [1.82, 2.24) is 14.5 Å². The van der Waals surface area contributed by atoms with Crippen LogP contribution in [0, 0.1) is 0 Å². The van der Waals surface area contributed by atoms with Crippen LogP contribution >= 0.6 is 0 Å². The van der Waals surface area contributed by atoms with Crippen LogP contribution in [0.4, 0.5) is 0 Å². The molecule has 1 aliphatic heterocycles. The predicted molar refractivity (Wildman–Crippen MR) is 72.3 cm³/mol. The van der Waals surface area contributed by atoms with E-state index >= 15 is 0 Å². The first kappa shape index (κ1) is 13.3. The molecule has 6 nitrogen and oxygen atoms in total.